The van der Waals surface area contributed by atoms with Gasteiger partial charge in [-0.3, -0.25) is 0 Å². The van der Waals surface area contributed by atoms with Gasteiger partial charge >= 0.3 is 0 Å². The highest BCUT2D eigenvalue weighted by molar-refractivity contribution is 5.54. The monoisotopic (exact) mass is 458 g/mol. The van der Waals surface area contributed by atoms with Gasteiger partial charge in [-0.15, -0.1) is 5.10 Å². The number of methoxy groups -OCH3 is 1. The molecular formula is C26H27FN6O. The zero-order valence-corrected chi connectivity index (χ0v) is 19.1. The Bertz CT molecular complexity index is 1190. The zero-order chi connectivity index (χ0) is 23.3. The van der Waals surface area contributed by atoms with Crippen molar-refractivity contribution in [2.75, 3.05) is 26.7 Å². The van der Waals surface area contributed by atoms with Crippen molar-refractivity contribution in [1.82, 2.24) is 29.6 Å². The lowest BCUT2D eigenvalue weighted by Crippen LogP contribution is -2.37. The Kier molecular flexibility index (Phi) is 6.69. The van der Waals surface area contributed by atoms with Crippen LogP contribution in [0.4, 0.5) is 4.39 Å². The summed E-state index contributed by atoms with van der Waals surface area (Å²) in [5.74, 6) is 1.82. The summed E-state index contributed by atoms with van der Waals surface area (Å²) in [4.78, 5) is 16.1. The Morgan fingerprint density at radius 1 is 0.971 bits per heavy atom. The van der Waals surface area contributed by atoms with Gasteiger partial charge in [0.05, 0.1) is 6.10 Å². The Balaban J connectivity index is 1.35. The Labute approximate surface area is 198 Å². The largest absolute Gasteiger partial charge is 0.375 e. The Morgan fingerprint density at radius 2 is 1.68 bits per heavy atom. The first-order valence-electron chi connectivity index (χ1n) is 11.5. The highest BCUT2D eigenvalue weighted by Gasteiger charge is 2.28. The number of benzene rings is 2. The molecule has 0 unspecified atom stereocenters. The lowest BCUT2D eigenvalue weighted by atomic mass is 9.95. The second-order valence-electron chi connectivity index (χ2n) is 8.47. The van der Waals surface area contributed by atoms with Crippen LogP contribution in [0.15, 0.2) is 73.1 Å². The normalized spacial score (nSPS) is 15.9. The van der Waals surface area contributed by atoms with Crippen molar-refractivity contribution in [2.45, 2.75) is 24.9 Å². The number of piperidine rings is 1. The van der Waals surface area contributed by atoms with E-state index in [2.05, 4.69) is 27.0 Å². The van der Waals surface area contributed by atoms with E-state index in [1.165, 1.54) is 17.7 Å². The van der Waals surface area contributed by atoms with E-state index >= 15 is 0 Å². The van der Waals surface area contributed by atoms with Crippen LogP contribution in [0.25, 0.3) is 17.3 Å². The summed E-state index contributed by atoms with van der Waals surface area (Å²) in [7, 11) is 1.77. The van der Waals surface area contributed by atoms with Crippen LogP contribution in [-0.2, 0) is 4.74 Å². The van der Waals surface area contributed by atoms with Gasteiger partial charge in [-0.1, -0.05) is 30.3 Å². The molecule has 4 aromatic rings. The maximum Gasteiger partial charge on any atom is 0.252 e. The van der Waals surface area contributed by atoms with Crippen LogP contribution in [0, 0.1) is 5.82 Å². The molecule has 5 rings (SSSR count). The van der Waals surface area contributed by atoms with E-state index in [-0.39, 0.29) is 17.8 Å². The van der Waals surface area contributed by atoms with Crippen molar-refractivity contribution in [2.24, 2.45) is 0 Å². The number of hydrogen-bond donors (Lipinski definition) is 0. The third kappa shape index (κ3) is 4.88. The molecule has 2 aromatic heterocycles. The van der Waals surface area contributed by atoms with Crippen molar-refractivity contribution < 1.29 is 9.13 Å². The average Bonchev–Trinajstić information content (AvgIpc) is 3.34. The van der Waals surface area contributed by atoms with E-state index < -0.39 is 0 Å². The molecule has 7 nitrogen and oxygen atoms in total. The third-order valence-corrected chi connectivity index (χ3v) is 6.31. The number of halogens is 1. The number of ether oxygens (including phenoxy) is 1. The number of aromatic nitrogens is 5. The second kappa shape index (κ2) is 10.2. The predicted molar refractivity (Wildman–Crippen MR) is 127 cm³/mol. The summed E-state index contributed by atoms with van der Waals surface area (Å²) in [5.41, 5.74) is 1.96. The fourth-order valence-electron chi connectivity index (χ4n) is 4.45. The third-order valence-electron chi connectivity index (χ3n) is 6.31. The van der Waals surface area contributed by atoms with Crippen LogP contribution < -0.4 is 0 Å². The number of rotatable bonds is 7. The SMILES string of the molecule is CO[C@H](CN1CCC(c2nc(-c3ccc(F)cc3)nn2-c2ncccn2)CC1)c1ccccc1. The molecule has 1 aliphatic heterocycles. The number of hydrogen-bond acceptors (Lipinski definition) is 6. The molecule has 0 N–H and O–H groups in total. The zero-order valence-electron chi connectivity index (χ0n) is 19.1. The van der Waals surface area contributed by atoms with Gasteiger partial charge in [0.2, 0.25) is 0 Å². The highest BCUT2D eigenvalue weighted by atomic mass is 19.1. The van der Waals surface area contributed by atoms with Gasteiger partial charge in [-0.2, -0.15) is 4.68 Å². The van der Waals surface area contributed by atoms with Crippen molar-refractivity contribution in [3.05, 3.63) is 90.3 Å². The van der Waals surface area contributed by atoms with Crippen molar-refractivity contribution in [1.29, 1.82) is 0 Å². The molecule has 174 valence electrons. The standard InChI is InChI=1S/C26H27FN6O/c1-34-23(19-6-3-2-4-7-19)18-32-16-12-21(13-17-32)25-30-24(20-8-10-22(27)11-9-20)31-33(25)26-28-14-5-15-29-26/h2-11,14-15,21,23H,12-13,16-18H2,1H3/t23-/m1/s1. The fraction of sp³-hybridized carbons (Fsp3) is 0.308. The molecule has 8 heteroatoms. The number of nitrogens with zero attached hydrogens (tertiary/aromatic N) is 6. The van der Waals surface area contributed by atoms with E-state index in [4.69, 9.17) is 14.8 Å². The van der Waals surface area contributed by atoms with Crippen LogP contribution >= 0.6 is 0 Å². The van der Waals surface area contributed by atoms with E-state index in [0.29, 0.717) is 11.8 Å². The van der Waals surface area contributed by atoms with E-state index in [0.717, 1.165) is 43.9 Å². The minimum atomic E-state index is -0.285. The van der Waals surface area contributed by atoms with E-state index in [1.54, 1.807) is 42.4 Å². The van der Waals surface area contributed by atoms with Crippen LogP contribution in [0.1, 0.15) is 36.3 Å². The first kappa shape index (κ1) is 22.3. The second-order valence-corrected chi connectivity index (χ2v) is 8.47. The van der Waals surface area contributed by atoms with Crippen LogP contribution in [0.2, 0.25) is 0 Å². The first-order chi connectivity index (χ1) is 16.7. The van der Waals surface area contributed by atoms with Gasteiger partial charge in [0.15, 0.2) is 5.82 Å². The molecule has 1 aliphatic rings. The molecule has 1 fully saturated rings. The fourth-order valence-corrected chi connectivity index (χ4v) is 4.45. The minimum absolute atomic E-state index is 0.0456. The van der Waals surface area contributed by atoms with Gasteiger partial charge in [0.25, 0.3) is 5.95 Å². The summed E-state index contributed by atoms with van der Waals surface area (Å²) < 4.78 is 20.9. The number of likely N-dealkylation sites (tertiary alicyclic amines) is 1. The molecule has 1 saturated heterocycles. The summed E-state index contributed by atoms with van der Waals surface area (Å²) in [6.07, 6.45) is 5.33. The molecule has 0 amide bonds. The smallest absolute Gasteiger partial charge is 0.252 e. The van der Waals surface area contributed by atoms with Crippen LogP contribution in [0.3, 0.4) is 0 Å². The van der Waals surface area contributed by atoms with Gasteiger partial charge in [-0.25, -0.2) is 19.3 Å². The predicted octanol–water partition coefficient (Wildman–Crippen LogP) is 4.43. The highest BCUT2D eigenvalue weighted by Crippen LogP contribution is 2.31. The summed E-state index contributed by atoms with van der Waals surface area (Å²) >= 11 is 0. The minimum Gasteiger partial charge on any atom is -0.375 e. The maximum atomic E-state index is 13.4. The Morgan fingerprint density at radius 3 is 2.35 bits per heavy atom. The molecule has 1 atom stereocenters. The van der Waals surface area contributed by atoms with Gasteiger partial charge in [0, 0.05) is 37.5 Å². The first-order valence-corrected chi connectivity index (χ1v) is 11.5. The summed E-state index contributed by atoms with van der Waals surface area (Å²) in [6, 6.07) is 18.4. The summed E-state index contributed by atoms with van der Waals surface area (Å²) in [5, 5.41) is 4.70. The van der Waals surface area contributed by atoms with E-state index in [9.17, 15) is 4.39 Å². The van der Waals surface area contributed by atoms with Crippen molar-refractivity contribution >= 4 is 0 Å². The molecule has 0 bridgehead atoms. The molecule has 3 heterocycles. The van der Waals surface area contributed by atoms with Crippen molar-refractivity contribution in [3.8, 4) is 17.3 Å². The van der Waals surface area contributed by atoms with Crippen LogP contribution in [0.5, 0.6) is 0 Å². The lowest BCUT2D eigenvalue weighted by molar-refractivity contribution is 0.0543. The molecule has 2 aromatic carbocycles. The van der Waals surface area contributed by atoms with Gasteiger partial charge < -0.3 is 9.64 Å². The topological polar surface area (TPSA) is 69.0 Å². The van der Waals surface area contributed by atoms with E-state index in [1.807, 2.05) is 18.2 Å². The molecule has 34 heavy (non-hydrogen) atoms. The van der Waals surface area contributed by atoms with Crippen molar-refractivity contribution in [3.63, 3.8) is 0 Å². The van der Waals surface area contributed by atoms with Crippen LogP contribution in [-0.4, -0.2) is 56.4 Å². The van der Waals surface area contributed by atoms with Gasteiger partial charge in [-0.05, 0) is 61.8 Å². The maximum absolute atomic E-state index is 13.4. The molecule has 0 spiro atoms. The molecule has 0 radical (unpaired) electrons. The molecule has 0 aliphatic carbocycles. The molecular weight excluding hydrogens is 431 g/mol. The van der Waals surface area contributed by atoms with Gasteiger partial charge in [0.1, 0.15) is 11.6 Å². The Hall–Kier alpha value is -3.49. The summed E-state index contributed by atoms with van der Waals surface area (Å²) in [6.45, 7) is 2.72. The quantitative estimate of drug-likeness (QED) is 0.408. The average molecular weight is 459 g/mol. The lowest BCUT2D eigenvalue weighted by Gasteiger charge is -2.33. The molecule has 0 saturated carbocycles.